The second-order valence-electron chi connectivity index (χ2n) is 6.43. The number of benzene rings is 1. The van der Waals surface area contributed by atoms with Crippen molar-refractivity contribution in [3.63, 3.8) is 0 Å². The van der Waals surface area contributed by atoms with Crippen molar-refractivity contribution in [1.29, 1.82) is 5.26 Å². The van der Waals surface area contributed by atoms with E-state index in [9.17, 15) is 9.90 Å². The minimum absolute atomic E-state index is 0.226. The van der Waals surface area contributed by atoms with Crippen LogP contribution in [0.5, 0.6) is 0 Å². The summed E-state index contributed by atoms with van der Waals surface area (Å²) in [6.07, 6.45) is 0.114. The van der Waals surface area contributed by atoms with Gasteiger partial charge in [0.15, 0.2) is 0 Å². The zero-order valence-electron chi connectivity index (χ0n) is 13.7. The molecule has 120 valence electrons. The van der Waals surface area contributed by atoms with Crippen LogP contribution in [-0.2, 0) is 5.41 Å². The predicted molar refractivity (Wildman–Crippen MR) is 87.6 cm³/mol. The molecule has 1 aromatic rings. The molecular weight excluding hydrogens is 278 g/mol. The van der Waals surface area contributed by atoms with Gasteiger partial charge in [-0.05, 0) is 43.9 Å². The molecule has 1 unspecified atom stereocenters. The van der Waals surface area contributed by atoms with Crippen molar-refractivity contribution in [3.05, 3.63) is 29.8 Å². The highest BCUT2D eigenvalue weighted by Crippen LogP contribution is 2.23. The largest absolute Gasteiger partial charge is 0.391 e. The summed E-state index contributed by atoms with van der Waals surface area (Å²) in [4.78, 5) is 11.8. The zero-order chi connectivity index (χ0) is 16.8. The van der Waals surface area contributed by atoms with Crippen molar-refractivity contribution in [1.82, 2.24) is 5.32 Å². The molecule has 0 aliphatic carbocycles. The molecule has 0 saturated carbocycles. The Bertz CT molecular complexity index is 530. The van der Waals surface area contributed by atoms with Gasteiger partial charge in [0.2, 0.25) is 0 Å². The molecule has 0 spiro atoms. The van der Waals surface area contributed by atoms with Crippen molar-refractivity contribution in [2.45, 2.75) is 45.6 Å². The van der Waals surface area contributed by atoms with Crippen LogP contribution in [-0.4, -0.2) is 23.8 Å². The minimum Gasteiger partial charge on any atom is -0.391 e. The lowest BCUT2D eigenvalue weighted by Gasteiger charge is -2.17. The standard InChI is InChI=1S/C17H25N3O2/c1-12(2)9-15(21)10-19-16(22)20-14-7-5-13(6-8-14)17(3,4)11-18/h5-8,12,15,21H,9-10H2,1-4H3,(H2,19,20,22). The van der Waals surface area contributed by atoms with Crippen LogP contribution in [0.3, 0.4) is 0 Å². The molecule has 0 aromatic heterocycles. The van der Waals surface area contributed by atoms with Crippen LogP contribution in [0.2, 0.25) is 0 Å². The van der Waals surface area contributed by atoms with Crippen molar-refractivity contribution in [2.24, 2.45) is 5.92 Å². The van der Waals surface area contributed by atoms with Crippen LogP contribution in [0, 0.1) is 17.2 Å². The average Bonchev–Trinajstić information content (AvgIpc) is 2.45. The van der Waals surface area contributed by atoms with Crippen molar-refractivity contribution < 1.29 is 9.90 Å². The number of nitriles is 1. The molecule has 0 radical (unpaired) electrons. The van der Waals surface area contributed by atoms with Gasteiger partial charge in [0, 0.05) is 12.2 Å². The van der Waals surface area contributed by atoms with Gasteiger partial charge in [0.05, 0.1) is 17.6 Å². The zero-order valence-corrected chi connectivity index (χ0v) is 13.7. The van der Waals surface area contributed by atoms with E-state index in [2.05, 4.69) is 16.7 Å². The molecule has 3 N–H and O–H groups in total. The Morgan fingerprint density at radius 3 is 2.41 bits per heavy atom. The highest BCUT2D eigenvalue weighted by atomic mass is 16.3. The number of carbonyl (C=O) groups is 1. The fourth-order valence-electron chi connectivity index (χ4n) is 2.05. The minimum atomic E-state index is -0.554. The van der Waals surface area contributed by atoms with Gasteiger partial charge >= 0.3 is 6.03 Å². The molecule has 1 rings (SSSR count). The number of carbonyl (C=O) groups excluding carboxylic acids is 1. The summed E-state index contributed by atoms with van der Waals surface area (Å²) < 4.78 is 0. The molecule has 5 nitrogen and oxygen atoms in total. The molecule has 0 heterocycles. The summed E-state index contributed by atoms with van der Waals surface area (Å²) in [6.45, 7) is 7.96. The second kappa shape index (κ2) is 7.81. The van der Waals surface area contributed by atoms with Crippen LogP contribution < -0.4 is 10.6 Å². The van der Waals surface area contributed by atoms with Crippen molar-refractivity contribution in [3.8, 4) is 6.07 Å². The van der Waals surface area contributed by atoms with Crippen LogP contribution in [0.1, 0.15) is 39.7 Å². The number of aliphatic hydroxyl groups is 1. The fourth-order valence-corrected chi connectivity index (χ4v) is 2.05. The van der Waals surface area contributed by atoms with E-state index in [1.165, 1.54) is 0 Å². The molecule has 0 aliphatic heterocycles. The molecule has 22 heavy (non-hydrogen) atoms. The van der Waals surface area contributed by atoms with Gasteiger partial charge in [0.1, 0.15) is 0 Å². The topological polar surface area (TPSA) is 85.2 Å². The first-order valence-corrected chi connectivity index (χ1v) is 7.49. The summed E-state index contributed by atoms with van der Waals surface area (Å²) in [6, 6.07) is 9.06. The van der Waals surface area contributed by atoms with E-state index in [0.717, 1.165) is 5.56 Å². The van der Waals surface area contributed by atoms with E-state index in [1.54, 1.807) is 12.1 Å². The maximum atomic E-state index is 11.8. The Labute approximate surface area is 132 Å². The van der Waals surface area contributed by atoms with E-state index in [-0.39, 0.29) is 12.6 Å². The second-order valence-corrected chi connectivity index (χ2v) is 6.43. The normalized spacial score (nSPS) is 12.6. The lowest BCUT2D eigenvalue weighted by Crippen LogP contribution is -2.35. The lowest BCUT2D eigenvalue weighted by atomic mass is 9.86. The first-order valence-electron chi connectivity index (χ1n) is 7.49. The first kappa shape index (κ1) is 18.0. The number of nitrogens with zero attached hydrogens (tertiary/aromatic N) is 1. The number of anilines is 1. The summed E-state index contributed by atoms with van der Waals surface area (Å²) in [5, 5.41) is 24.2. The Hall–Kier alpha value is -2.06. The quantitative estimate of drug-likeness (QED) is 0.755. The van der Waals surface area contributed by atoms with E-state index in [1.807, 2.05) is 39.8 Å². The third kappa shape index (κ3) is 5.74. The lowest BCUT2D eigenvalue weighted by molar-refractivity contribution is 0.148. The summed E-state index contributed by atoms with van der Waals surface area (Å²) in [5.41, 5.74) is 0.989. The van der Waals surface area contributed by atoms with Gasteiger partial charge in [-0.15, -0.1) is 0 Å². The number of amides is 2. The van der Waals surface area contributed by atoms with E-state index in [0.29, 0.717) is 18.0 Å². The van der Waals surface area contributed by atoms with Gasteiger partial charge in [-0.2, -0.15) is 5.26 Å². The highest BCUT2D eigenvalue weighted by Gasteiger charge is 2.19. The number of hydrogen-bond acceptors (Lipinski definition) is 3. The van der Waals surface area contributed by atoms with Crippen molar-refractivity contribution in [2.75, 3.05) is 11.9 Å². The average molecular weight is 303 g/mol. The molecule has 0 fully saturated rings. The number of hydrogen-bond donors (Lipinski definition) is 3. The third-order valence-electron chi connectivity index (χ3n) is 3.39. The maximum Gasteiger partial charge on any atom is 0.319 e. The molecule has 1 atom stereocenters. The van der Waals surface area contributed by atoms with Crippen molar-refractivity contribution >= 4 is 11.7 Å². The number of aliphatic hydroxyl groups excluding tert-OH is 1. The molecule has 0 aliphatic rings. The van der Waals surface area contributed by atoms with Crippen LogP contribution in [0.4, 0.5) is 10.5 Å². The fraction of sp³-hybridized carbons (Fsp3) is 0.529. The molecule has 0 saturated heterocycles. The smallest absolute Gasteiger partial charge is 0.319 e. The SMILES string of the molecule is CC(C)CC(O)CNC(=O)Nc1ccc(C(C)(C)C#N)cc1. The Balaban J connectivity index is 2.51. The maximum absolute atomic E-state index is 11.8. The number of nitrogens with one attached hydrogen (secondary N) is 2. The Kier molecular flexibility index (Phi) is 6.39. The Morgan fingerprint density at radius 2 is 1.91 bits per heavy atom. The first-order chi connectivity index (χ1) is 10.2. The number of urea groups is 1. The van der Waals surface area contributed by atoms with E-state index >= 15 is 0 Å². The van der Waals surface area contributed by atoms with Gasteiger partial charge in [-0.3, -0.25) is 0 Å². The molecular formula is C17H25N3O2. The van der Waals surface area contributed by atoms with E-state index < -0.39 is 11.5 Å². The Morgan fingerprint density at radius 1 is 1.32 bits per heavy atom. The van der Waals surface area contributed by atoms with Crippen LogP contribution in [0.25, 0.3) is 0 Å². The number of rotatable bonds is 6. The predicted octanol–water partition coefficient (Wildman–Crippen LogP) is 3.02. The molecule has 0 bridgehead atoms. The van der Waals surface area contributed by atoms with Crippen LogP contribution >= 0.6 is 0 Å². The van der Waals surface area contributed by atoms with Crippen LogP contribution in [0.15, 0.2) is 24.3 Å². The summed E-state index contributed by atoms with van der Waals surface area (Å²) in [5.74, 6) is 0.385. The third-order valence-corrected chi connectivity index (χ3v) is 3.39. The van der Waals surface area contributed by atoms with Gasteiger partial charge in [-0.1, -0.05) is 26.0 Å². The van der Waals surface area contributed by atoms with Gasteiger partial charge in [0.25, 0.3) is 0 Å². The van der Waals surface area contributed by atoms with Gasteiger partial charge in [-0.25, -0.2) is 4.79 Å². The molecule has 5 heteroatoms. The van der Waals surface area contributed by atoms with E-state index in [4.69, 9.17) is 5.26 Å². The molecule has 1 aromatic carbocycles. The summed E-state index contributed by atoms with van der Waals surface area (Å²) in [7, 11) is 0. The summed E-state index contributed by atoms with van der Waals surface area (Å²) >= 11 is 0. The monoisotopic (exact) mass is 303 g/mol. The highest BCUT2D eigenvalue weighted by molar-refractivity contribution is 5.89. The van der Waals surface area contributed by atoms with Gasteiger partial charge < -0.3 is 15.7 Å². The molecule has 2 amide bonds.